The first-order chi connectivity index (χ1) is 9.11. The Morgan fingerprint density at radius 1 is 0.947 bits per heavy atom. The second-order valence-corrected chi connectivity index (χ2v) is 5.03. The monoisotopic (exact) mass is 255 g/mol. The second-order valence-electron chi connectivity index (χ2n) is 5.03. The number of rotatable bonds is 4. The predicted octanol–water partition coefficient (Wildman–Crippen LogP) is 2.89. The number of aryl methyl sites for hydroxylation is 2. The largest absolute Gasteiger partial charge is 0.384 e. The maximum absolute atomic E-state index is 10.4. The summed E-state index contributed by atoms with van der Waals surface area (Å²) < 4.78 is 0. The summed E-state index contributed by atoms with van der Waals surface area (Å²) in [6.07, 6.45) is 0.311. The Morgan fingerprint density at radius 3 is 2.16 bits per heavy atom. The zero-order chi connectivity index (χ0) is 13.8. The molecule has 0 amide bonds. The third-order valence-electron chi connectivity index (χ3n) is 3.58. The summed E-state index contributed by atoms with van der Waals surface area (Å²) in [5.74, 6) is 0. The van der Waals surface area contributed by atoms with Crippen LogP contribution >= 0.6 is 0 Å². The summed E-state index contributed by atoms with van der Waals surface area (Å²) in [6.45, 7) is 4.79. The van der Waals surface area contributed by atoms with Gasteiger partial charge in [0.05, 0.1) is 0 Å². The van der Waals surface area contributed by atoms with E-state index in [1.54, 1.807) is 0 Å². The molecule has 2 aromatic carbocycles. The molecule has 1 atom stereocenters. The van der Waals surface area contributed by atoms with E-state index in [9.17, 15) is 5.11 Å². The van der Waals surface area contributed by atoms with E-state index in [0.717, 1.165) is 17.5 Å². The first kappa shape index (κ1) is 13.8. The van der Waals surface area contributed by atoms with Crippen LogP contribution in [0.25, 0.3) is 0 Å². The number of aliphatic hydroxyl groups excluding tert-OH is 1. The third kappa shape index (κ3) is 3.22. The fraction of sp³-hybridized carbons (Fsp3) is 0.294. The highest BCUT2D eigenvalue weighted by Crippen LogP contribution is 2.24. The fourth-order valence-electron chi connectivity index (χ4n) is 2.16. The van der Waals surface area contributed by atoms with Gasteiger partial charge in [-0.15, -0.1) is 0 Å². The number of hydrogen-bond acceptors (Lipinski definition) is 2. The molecule has 0 heterocycles. The van der Waals surface area contributed by atoms with Gasteiger partial charge < -0.3 is 10.8 Å². The Balaban J connectivity index is 2.22. The number of hydrogen-bond donors (Lipinski definition) is 2. The molecule has 100 valence electrons. The van der Waals surface area contributed by atoms with E-state index >= 15 is 0 Å². The highest BCUT2D eigenvalue weighted by molar-refractivity contribution is 5.36. The number of aliphatic hydroxyl groups is 1. The van der Waals surface area contributed by atoms with E-state index < -0.39 is 6.10 Å². The Kier molecular flexibility index (Phi) is 4.35. The van der Waals surface area contributed by atoms with Crippen LogP contribution in [-0.2, 0) is 6.42 Å². The first-order valence-corrected chi connectivity index (χ1v) is 6.66. The van der Waals surface area contributed by atoms with Crippen molar-refractivity contribution in [3.8, 4) is 0 Å². The summed E-state index contributed by atoms with van der Waals surface area (Å²) >= 11 is 0. The Bertz CT molecular complexity index is 546. The third-order valence-corrected chi connectivity index (χ3v) is 3.58. The highest BCUT2D eigenvalue weighted by Gasteiger charge is 2.10. The normalized spacial score (nSPS) is 12.4. The minimum absolute atomic E-state index is 0.564. The van der Waals surface area contributed by atoms with Crippen LogP contribution < -0.4 is 5.73 Å². The van der Waals surface area contributed by atoms with Crippen LogP contribution in [0.15, 0.2) is 42.5 Å². The number of benzene rings is 2. The summed E-state index contributed by atoms with van der Waals surface area (Å²) in [5.41, 5.74) is 11.0. The maximum Gasteiger partial charge on any atom is 0.104 e. The van der Waals surface area contributed by atoms with Crippen molar-refractivity contribution in [2.24, 2.45) is 5.73 Å². The molecule has 0 aliphatic heterocycles. The van der Waals surface area contributed by atoms with Gasteiger partial charge in [0.2, 0.25) is 0 Å². The molecule has 0 saturated carbocycles. The summed E-state index contributed by atoms with van der Waals surface area (Å²) in [4.78, 5) is 0. The Hall–Kier alpha value is -1.64. The minimum Gasteiger partial charge on any atom is -0.384 e. The molecule has 0 fully saturated rings. The summed E-state index contributed by atoms with van der Waals surface area (Å²) in [6, 6.07) is 14.1. The fourth-order valence-corrected chi connectivity index (χ4v) is 2.16. The van der Waals surface area contributed by atoms with Crippen molar-refractivity contribution >= 4 is 0 Å². The van der Waals surface area contributed by atoms with Crippen molar-refractivity contribution in [3.05, 3.63) is 70.3 Å². The molecular weight excluding hydrogens is 234 g/mol. The Morgan fingerprint density at radius 2 is 1.58 bits per heavy atom. The Labute approximate surface area is 114 Å². The SMILES string of the molecule is Cc1ccc(C(O)c2ccc(CCN)cc2)cc1C. The molecule has 0 aliphatic rings. The van der Waals surface area contributed by atoms with Crippen LogP contribution in [-0.4, -0.2) is 11.7 Å². The van der Waals surface area contributed by atoms with Crippen molar-refractivity contribution in [3.63, 3.8) is 0 Å². The molecule has 0 saturated heterocycles. The van der Waals surface area contributed by atoms with Gasteiger partial charge in [0.15, 0.2) is 0 Å². The second kappa shape index (κ2) is 6.00. The van der Waals surface area contributed by atoms with Crippen LogP contribution in [0.3, 0.4) is 0 Å². The number of nitrogens with two attached hydrogens (primary N) is 1. The predicted molar refractivity (Wildman–Crippen MR) is 79.2 cm³/mol. The van der Waals surface area contributed by atoms with Crippen molar-refractivity contribution < 1.29 is 5.11 Å². The van der Waals surface area contributed by atoms with E-state index in [2.05, 4.69) is 19.9 Å². The smallest absolute Gasteiger partial charge is 0.104 e. The van der Waals surface area contributed by atoms with E-state index in [1.165, 1.54) is 16.7 Å². The zero-order valence-corrected chi connectivity index (χ0v) is 11.6. The van der Waals surface area contributed by atoms with Gasteiger partial charge in [0.1, 0.15) is 6.10 Å². The molecule has 2 aromatic rings. The molecule has 0 spiro atoms. The lowest BCUT2D eigenvalue weighted by Gasteiger charge is -2.13. The molecule has 0 aliphatic carbocycles. The van der Waals surface area contributed by atoms with Gasteiger partial charge in [0, 0.05) is 0 Å². The van der Waals surface area contributed by atoms with E-state index in [1.807, 2.05) is 36.4 Å². The molecule has 3 N–H and O–H groups in total. The standard InChI is InChI=1S/C17H21NO/c1-12-3-6-16(11-13(12)2)17(19)15-7-4-14(5-8-15)9-10-18/h3-8,11,17,19H,9-10,18H2,1-2H3. The van der Waals surface area contributed by atoms with Crippen LogP contribution in [0.1, 0.15) is 33.9 Å². The van der Waals surface area contributed by atoms with Crippen molar-refractivity contribution in [1.29, 1.82) is 0 Å². The van der Waals surface area contributed by atoms with E-state index in [-0.39, 0.29) is 0 Å². The van der Waals surface area contributed by atoms with Crippen LogP contribution in [0.2, 0.25) is 0 Å². The average molecular weight is 255 g/mol. The summed E-state index contributed by atoms with van der Waals surface area (Å²) in [5, 5.41) is 10.4. The average Bonchev–Trinajstić information content (AvgIpc) is 2.42. The van der Waals surface area contributed by atoms with Crippen LogP contribution in [0.4, 0.5) is 0 Å². The highest BCUT2D eigenvalue weighted by atomic mass is 16.3. The maximum atomic E-state index is 10.4. The molecule has 0 bridgehead atoms. The van der Waals surface area contributed by atoms with Crippen molar-refractivity contribution in [2.75, 3.05) is 6.54 Å². The first-order valence-electron chi connectivity index (χ1n) is 6.66. The van der Waals surface area contributed by atoms with Gasteiger partial charge >= 0.3 is 0 Å². The van der Waals surface area contributed by atoms with Crippen LogP contribution in [0, 0.1) is 13.8 Å². The lowest BCUT2D eigenvalue weighted by atomic mass is 9.97. The van der Waals surface area contributed by atoms with Gasteiger partial charge in [-0.25, -0.2) is 0 Å². The summed E-state index contributed by atoms with van der Waals surface area (Å²) in [7, 11) is 0. The van der Waals surface area contributed by atoms with Crippen molar-refractivity contribution in [1.82, 2.24) is 0 Å². The topological polar surface area (TPSA) is 46.2 Å². The molecule has 2 heteroatoms. The minimum atomic E-state index is -0.564. The molecule has 1 unspecified atom stereocenters. The lowest BCUT2D eigenvalue weighted by Crippen LogP contribution is -2.04. The zero-order valence-electron chi connectivity index (χ0n) is 11.6. The van der Waals surface area contributed by atoms with Gasteiger partial charge in [0.25, 0.3) is 0 Å². The van der Waals surface area contributed by atoms with Gasteiger partial charge in [-0.2, -0.15) is 0 Å². The molecule has 0 radical (unpaired) electrons. The van der Waals surface area contributed by atoms with Crippen molar-refractivity contribution in [2.45, 2.75) is 26.4 Å². The van der Waals surface area contributed by atoms with Crippen LogP contribution in [0.5, 0.6) is 0 Å². The molecule has 2 rings (SSSR count). The van der Waals surface area contributed by atoms with Gasteiger partial charge in [-0.05, 0) is 54.6 Å². The van der Waals surface area contributed by atoms with E-state index in [0.29, 0.717) is 6.54 Å². The van der Waals surface area contributed by atoms with Gasteiger partial charge in [-0.3, -0.25) is 0 Å². The lowest BCUT2D eigenvalue weighted by molar-refractivity contribution is 0.220. The van der Waals surface area contributed by atoms with E-state index in [4.69, 9.17) is 5.73 Å². The molecule has 2 nitrogen and oxygen atoms in total. The quantitative estimate of drug-likeness (QED) is 0.882. The molecule has 19 heavy (non-hydrogen) atoms. The van der Waals surface area contributed by atoms with Gasteiger partial charge in [-0.1, -0.05) is 42.5 Å². The molecule has 0 aromatic heterocycles. The molecular formula is C17H21NO.